The van der Waals surface area contributed by atoms with E-state index < -0.39 is 11.5 Å². The van der Waals surface area contributed by atoms with Crippen molar-refractivity contribution in [3.05, 3.63) is 67.6 Å². The van der Waals surface area contributed by atoms with Crippen molar-refractivity contribution in [2.75, 3.05) is 33.2 Å². The summed E-state index contributed by atoms with van der Waals surface area (Å²) < 4.78 is 0. The Labute approximate surface area is 213 Å². The lowest BCUT2D eigenvalue weighted by Crippen LogP contribution is -2.56. The number of likely N-dealkylation sites (N-methyl/N-ethyl adjacent to an activating group) is 1. The first-order chi connectivity index (χ1) is 15.7. The van der Waals surface area contributed by atoms with Crippen molar-refractivity contribution in [3.63, 3.8) is 0 Å². The molecule has 1 aliphatic carbocycles. The highest BCUT2D eigenvalue weighted by Crippen LogP contribution is 2.51. The molecule has 5 nitrogen and oxygen atoms in total. The summed E-state index contributed by atoms with van der Waals surface area (Å²) in [5, 5.41) is 4.88. The highest BCUT2D eigenvalue weighted by molar-refractivity contribution is 6.42. The number of nitrogens with zero attached hydrogens (tertiary/aromatic N) is 2. The van der Waals surface area contributed by atoms with Crippen molar-refractivity contribution in [2.24, 2.45) is 0 Å². The lowest BCUT2D eigenvalue weighted by molar-refractivity contribution is -0.138. The third-order valence-corrected chi connectivity index (χ3v) is 7.76. The van der Waals surface area contributed by atoms with Crippen molar-refractivity contribution < 1.29 is 9.59 Å². The highest BCUT2D eigenvalue weighted by atomic mass is 35.5. The molecule has 0 aromatic heterocycles. The molecule has 2 fully saturated rings. The Balaban J connectivity index is 1.57. The topological polar surface area (TPSA) is 52.6 Å². The molecule has 1 saturated heterocycles. The highest BCUT2D eigenvalue weighted by Gasteiger charge is 2.53. The number of halogens is 4. The van der Waals surface area contributed by atoms with Crippen molar-refractivity contribution >= 4 is 58.2 Å². The van der Waals surface area contributed by atoms with E-state index in [-0.39, 0.29) is 11.8 Å². The van der Waals surface area contributed by atoms with Crippen LogP contribution in [0.4, 0.5) is 0 Å². The Bertz CT molecular complexity index is 1070. The van der Waals surface area contributed by atoms with E-state index in [1.54, 1.807) is 30.3 Å². The summed E-state index contributed by atoms with van der Waals surface area (Å²) >= 11 is 24.7. The Morgan fingerprint density at radius 3 is 2.24 bits per heavy atom. The van der Waals surface area contributed by atoms with Crippen LogP contribution in [0.25, 0.3) is 0 Å². The van der Waals surface area contributed by atoms with Crippen LogP contribution in [0.3, 0.4) is 0 Å². The largest absolute Gasteiger partial charge is 0.343 e. The zero-order chi connectivity index (χ0) is 23.8. The van der Waals surface area contributed by atoms with Gasteiger partial charge in [0.2, 0.25) is 11.8 Å². The second kappa shape index (κ2) is 10.0. The predicted molar refractivity (Wildman–Crippen MR) is 134 cm³/mol. The van der Waals surface area contributed by atoms with E-state index >= 15 is 0 Å². The van der Waals surface area contributed by atoms with Crippen molar-refractivity contribution in [1.29, 1.82) is 0 Å². The molecule has 2 aliphatic rings. The first kappa shape index (κ1) is 24.6. The average Bonchev–Trinajstić information content (AvgIpc) is 3.57. The SMILES string of the molecule is CN1CCN(C(=O)C(Cc2ccc(Cl)c(Cl)c2)NC(=O)C2(c3ccc(Cl)cc3Cl)CC2)CC1. The molecule has 1 heterocycles. The number of carbonyl (C=O) groups is 2. The Morgan fingerprint density at radius 2 is 1.64 bits per heavy atom. The number of hydrogen-bond acceptors (Lipinski definition) is 3. The van der Waals surface area contributed by atoms with Gasteiger partial charge in [-0.25, -0.2) is 0 Å². The summed E-state index contributed by atoms with van der Waals surface area (Å²) in [6, 6.07) is 9.73. The van der Waals surface area contributed by atoms with E-state index in [2.05, 4.69) is 10.2 Å². The van der Waals surface area contributed by atoms with Crippen LogP contribution in [0.5, 0.6) is 0 Å². The molecular formula is C24H25Cl4N3O2. The summed E-state index contributed by atoms with van der Waals surface area (Å²) in [6.45, 7) is 2.83. The van der Waals surface area contributed by atoms with Gasteiger partial charge < -0.3 is 15.1 Å². The van der Waals surface area contributed by atoms with E-state index in [1.807, 2.05) is 18.0 Å². The van der Waals surface area contributed by atoms with E-state index in [0.29, 0.717) is 52.4 Å². The minimum Gasteiger partial charge on any atom is -0.343 e. The molecule has 2 aromatic rings. The minimum absolute atomic E-state index is 0.0967. The van der Waals surface area contributed by atoms with Crippen LogP contribution in [-0.2, 0) is 21.4 Å². The quantitative estimate of drug-likeness (QED) is 0.584. The zero-order valence-electron chi connectivity index (χ0n) is 18.2. The van der Waals surface area contributed by atoms with Gasteiger partial charge in [0.05, 0.1) is 15.5 Å². The Kier molecular flexibility index (Phi) is 7.47. The maximum absolute atomic E-state index is 13.5. The van der Waals surface area contributed by atoms with Crippen LogP contribution in [0.2, 0.25) is 20.1 Å². The fraction of sp³-hybridized carbons (Fsp3) is 0.417. The van der Waals surface area contributed by atoms with Crippen molar-refractivity contribution in [1.82, 2.24) is 15.1 Å². The molecule has 0 spiro atoms. The van der Waals surface area contributed by atoms with Crippen molar-refractivity contribution in [2.45, 2.75) is 30.7 Å². The summed E-state index contributed by atoms with van der Waals surface area (Å²) in [5.41, 5.74) is 0.831. The van der Waals surface area contributed by atoms with Gasteiger partial charge in [-0.2, -0.15) is 0 Å². The van der Waals surface area contributed by atoms with Crippen LogP contribution < -0.4 is 5.32 Å². The molecule has 0 bridgehead atoms. The lowest BCUT2D eigenvalue weighted by Gasteiger charge is -2.35. The van der Waals surface area contributed by atoms with Crippen LogP contribution in [0.1, 0.15) is 24.0 Å². The van der Waals surface area contributed by atoms with Gasteiger partial charge in [-0.1, -0.05) is 58.5 Å². The number of rotatable bonds is 6. The van der Waals surface area contributed by atoms with Gasteiger partial charge in [0, 0.05) is 42.6 Å². The molecule has 33 heavy (non-hydrogen) atoms. The molecule has 1 atom stereocenters. The van der Waals surface area contributed by atoms with Gasteiger partial charge in [-0.05, 0) is 55.3 Å². The number of amides is 2. The number of hydrogen-bond donors (Lipinski definition) is 1. The Hall–Kier alpha value is -1.50. The van der Waals surface area contributed by atoms with Crippen LogP contribution in [-0.4, -0.2) is 60.9 Å². The number of carbonyl (C=O) groups excluding carboxylic acids is 2. The van der Waals surface area contributed by atoms with Gasteiger partial charge in [0.1, 0.15) is 6.04 Å². The molecule has 4 rings (SSSR count). The molecule has 1 aliphatic heterocycles. The number of nitrogens with one attached hydrogen (secondary N) is 1. The van der Waals surface area contributed by atoms with E-state index in [1.165, 1.54) is 0 Å². The first-order valence-corrected chi connectivity index (χ1v) is 12.4. The van der Waals surface area contributed by atoms with Crippen LogP contribution in [0, 0.1) is 0 Å². The summed E-state index contributed by atoms with van der Waals surface area (Å²) in [4.78, 5) is 31.0. The number of piperazine rings is 1. The maximum atomic E-state index is 13.5. The third kappa shape index (κ3) is 5.44. The lowest BCUT2D eigenvalue weighted by atomic mass is 9.93. The average molecular weight is 529 g/mol. The molecule has 1 N–H and O–H groups in total. The van der Waals surface area contributed by atoms with Gasteiger partial charge in [-0.15, -0.1) is 0 Å². The monoisotopic (exact) mass is 527 g/mol. The molecule has 9 heteroatoms. The molecule has 176 valence electrons. The second-order valence-electron chi connectivity index (χ2n) is 8.81. The second-order valence-corrected chi connectivity index (χ2v) is 10.5. The smallest absolute Gasteiger partial charge is 0.245 e. The first-order valence-electron chi connectivity index (χ1n) is 10.9. The third-order valence-electron chi connectivity index (χ3n) is 6.47. The zero-order valence-corrected chi connectivity index (χ0v) is 21.2. The summed E-state index contributed by atoms with van der Waals surface area (Å²) in [6.07, 6.45) is 1.66. The molecule has 2 aromatic carbocycles. The fourth-order valence-electron chi connectivity index (χ4n) is 4.27. The molecule has 0 radical (unpaired) electrons. The molecule has 1 saturated carbocycles. The van der Waals surface area contributed by atoms with Crippen LogP contribution in [0.15, 0.2) is 36.4 Å². The van der Waals surface area contributed by atoms with Crippen molar-refractivity contribution in [3.8, 4) is 0 Å². The van der Waals surface area contributed by atoms with Gasteiger partial charge in [0.25, 0.3) is 0 Å². The molecule has 2 amide bonds. The maximum Gasteiger partial charge on any atom is 0.245 e. The van der Waals surface area contributed by atoms with E-state index in [0.717, 1.165) is 24.2 Å². The van der Waals surface area contributed by atoms with Gasteiger partial charge >= 0.3 is 0 Å². The minimum atomic E-state index is -0.736. The van der Waals surface area contributed by atoms with Crippen LogP contribution >= 0.6 is 46.4 Å². The normalized spacial score (nSPS) is 18.6. The Morgan fingerprint density at radius 1 is 0.939 bits per heavy atom. The summed E-state index contributed by atoms with van der Waals surface area (Å²) in [5.74, 6) is -0.292. The van der Waals surface area contributed by atoms with Gasteiger partial charge in [0.15, 0.2) is 0 Å². The van der Waals surface area contributed by atoms with Gasteiger partial charge in [-0.3, -0.25) is 9.59 Å². The molecule has 1 unspecified atom stereocenters. The predicted octanol–water partition coefficient (Wildman–Crippen LogP) is 4.83. The van der Waals surface area contributed by atoms with E-state index in [4.69, 9.17) is 46.4 Å². The molecular weight excluding hydrogens is 504 g/mol. The summed E-state index contributed by atoms with van der Waals surface area (Å²) in [7, 11) is 2.03. The number of benzene rings is 2. The van der Waals surface area contributed by atoms with E-state index in [9.17, 15) is 9.59 Å². The standard InChI is InChI=1S/C24H25Cl4N3O2/c1-30-8-10-31(11-9-30)22(32)21(13-15-2-5-18(26)20(28)12-15)29-23(33)24(6-7-24)17-4-3-16(25)14-19(17)27/h2-5,12,14,21H,6-11,13H2,1H3,(H,29,33). The fourth-order valence-corrected chi connectivity index (χ4v) is 5.18.